The third kappa shape index (κ3) is 4.59. The van der Waals surface area contributed by atoms with Gasteiger partial charge in [-0.05, 0) is 77.0 Å². The summed E-state index contributed by atoms with van der Waals surface area (Å²) in [6, 6.07) is 2.47. The van der Waals surface area contributed by atoms with Crippen LogP contribution in [0, 0.1) is 11.8 Å². The van der Waals surface area contributed by atoms with Crippen LogP contribution in [0.4, 0.5) is 0 Å². The molecule has 3 aliphatic rings. The number of phenols is 1. The van der Waals surface area contributed by atoms with Crippen molar-refractivity contribution in [2.24, 2.45) is 17.6 Å². The highest BCUT2D eigenvalue weighted by Gasteiger charge is 2.64. The molecule has 1 heterocycles. The monoisotopic (exact) mass is 591 g/mol. The molecule has 11 heteroatoms. The molecule has 1 saturated carbocycles. The van der Waals surface area contributed by atoms with Crippen LogP contribution in [0.1, 0.15) is 37.0 Å². The number of carbonyl (C=O) groups excluding carboxylic acids is 3. The lowest BCUT2D eigenvalue weighted by molar-refractivity contribution is -0.153. The number of primary amides is 1. The number of hydrogen-bond donors (Lipinski definition) is 5. The highest BCUT2D eigenvalue weighted by Crippen LogP contribution is 2.54. The number of phenolic OH excluding ortho intramolecular Hbond substituents is 1. The molecule has 0 aliphatic heterocycles. The second kappa shape index (κ2) is 10.8. The second-order valence-electron chi connectivity index (χ2n) is 12.1. The molecule has 1 aromatic heterocycles. The van der Waals surface area contributed by atoms with Crippen molar-refractivity contribution < 1.29 is 39.2 Å². The van der Waals surface area contributed by atoms with Crippen molar-refractivity contribution in [3.05, 3.63) is 69.9 Å². The fourth-order valence-corrected chi connectivity index (χ4v) is 7.03. The fourth-order valence-electron chi connectivity index (χ4n) is 7.03. The number of rotatable bonds is 7. The number of likely N-dealkylation sites (N-methyl/N-ethyl adjacent to an activating group) is 2. The van der Waals surface area contributed by atoms with Gasteiger partial charge in [0.15, 0.2) is 11.4 Å². The van der Waals surface area contributed by atoms with Crippen LogP contribution in [-0.4, -0.2) is 87.0 Å². The van der Waals surface area contributed by atoms with Crippen LogP contribution in [0.2, 0.25) is 0 Å². The number of nitrogens with two attached hydrogens (primary N) is 1. The van der Waals surface area contributed by atoms with Gasteiger partial charge in [-0.15, -0.1) is 0 Å². The molecule has 0 saturated heterocycles. The topological polar surface area (TPSA) is 178 Å². The van der Waals surface area contributed by atoms with Gasteiger partial charge in [0.1, 0.15) is 22.8 Å². The molecule has 43 heavy (non-hydrogen) atoms. The lowest BCUT2D eigenvalue weighted by atomic mass is 9.57. The number of ketones is 2. The summed E-state index contributed by atoms with van der Waals surface area (Å²) in [6.45, 7) is 4.89. The number of allylic oxidation sites excluding steroid dienone is 1. The number of aliphatic hydroxyl groups is 3. The van der Waals surface area contributed by atoms with Crippen LogP contribution in [0.25, 0.3) is 16.9 Å². The Labute approximate surface area is 249 Å². The van der Waals surface area contributed by atoms with Crippen molar-refractivity contribution in [2.45, 2.75) is 44.9 Å². The molecule has 3 aliphatic carbocycles. The molecule has 4 atom stereocenters. The van der Waals surface area contributed by atoms with Gasteiger partial charge in [0.2, 0.25) is 5.78 Å². The first-order chi connectivity index (χ1) is 20.2. The van der Waals surface area contributed by atoms with Gasteiger partial charge < -0.3 is 30.6 Å². The van der Waals surface area contributed by atoms with Gasteiger partial charge >= 0.3 is 0 Å². The van der Waals surface area contributed by atoms with E-state index < -0.39 is 58.0 Å². The number of aromatic hydroxyl groups is 1. The van der Waals surface area contributed by atoms with E-state index in [1.807, 2.05) is 37.9 Å². The van der Waals surface area contributed by atoms with Crippen LogP contribution in [-0.2, 0) is 27.3 Å². The Hall–Kier alpha value is -4.19. The lowest BCUT2D eigenvalue weighted by Crippen LogP contribution is -2.65. The molecule has 0 bridgehead atoms. The van der Waals surface area contributed by atoms with Crippen LogP contribution in [0.3, 0.4) is 0 Å². The molecule has 0 spiro atoms. The maximum absolute atomic E-state index is 14.2. The number of carbonyl (C=O) groups is 3. The van der Waals surface area contributed by atoms with Gasteiger partial charge in [-0.2, -0.15) is 0 Å². The molecule has 1 aromatic carbocycles. The van der Waals surface area contributed by atoms with E-state index in [0.29, 0.717) is 35.3 Å². The summed E-state index contributed by atoms with van der Waals surface area (Å²) in [5.74, 6) is -6.74. The summed E-state index contributed by atoms with van der Waals surface area (Å²) < 4.78 is 5.35. The average Bonchev–Trinajstić information content (AvgIpc) is 3.46. The van der Waals surface area contributed by atoms with Gasteiger partial charge in [0.05, 0.1) is 24.1 Å². The standard InChI is InChI=1S/C32H37N3O8/c1-6-15(2)12-35(5)13-18-10-19(16-7-8-43-14-16)20-9-17-11-21-25(34(3)4)28(38)24(31(33)41)30(40)32(21,42)29(39)22(17)27(37)23(20)26(18)36/h6-8,10,14,17,21,25,36-37,40,42H,9,11-13H2,1-5H3,(H2,33,41)/b15-6-/t17-,21-,25-,32-/m0/s1. The minimum Gasteiger partial charge on any atom is -0.508 e. The Morgan fingerprint density at radius 3 is 2.49 bits per heavy atom. The van der Waals surface area contributed by atoms with Crippen molar-refractivity contribution >= 4 is 23.2 Å². The first-order valence-corrected chi connectivity index (χ1v) is 14.1. The molecule has 5 rings (SSSR count). The number of hydrogen-bond acceptors (Lipinski definition) is 10. The van der Waals surface area contributed by atoms with Crippen LogP contribution < -0.4 is 5.73 Å². The number of Topliss-reactive ketones (excluding diaryl/α,β-unsaturated/α-hetero) is 2. The molecule has 1 amide bonds. The predicted octanol–water partition coefficient (Wildman–Crippen LogP) is 2.62. The normalized spacial score (nSPS) is 25.8. The maximum atomic E-state index is 14.2. The number of aliphatic hydroxyl groups excluding tert-OH is 2. The Balaban J connectivity index is 1.72. The minimum absolute atomic E-state index is 0.0183. The molecule has 11 nitrogen and oxygen atoms in total. The van der Waals surface area contributed by atoms with E-state index in [1.165, 1.54) is 11.2 Å². The van der Waals surface area contributed by atoms with Crippen LogP contribution in [0.5, 0.6) is 5.75 Å². The SMILES string of the molecule is C/C=C(/C)CN(C)Cc1cc(-c2ccoc2)c2c(c1O)C(O)=C1C(=O)[C@]3(O)C(O)=C(C(N)=O)C(=O)[C@@H](N(C)C)[C@@H]3C[C@@H]1C2. The first kappa shape index (κ1) is 30.3. The average molecular weight is 592 g/mol. The van der Waals surface area contributed by atoms with Crippen LogP contribution in [0.15, 0.2) is 57.6 Å². The summed E-state index contributed by atoms with van der Waals surface area (Å²) in [4.78, 5) is 43.2. The van der Waals surface area contributed by atoms with Crippen molar-refractivity contribution in [1.29, 1.82) is 0 Å². The van der Waals surface area contributed by atoms with Gasteiger partial charge in [-0.1, -0.05) is 11.6 Å². The summed E-state index contributed by atoms with van der Waals surface area (Å²) in [7, 11) is 5.03. The Bertz CT molecular complexity index is 1620. The number of benzene rings is 1. The van der Waals surface area contributed by atoms with Crippen LogP contribution >= 0.6 is 0 Å². The molecule has 2 aromatic rings. The largest absolute Gasteiger partial charge is 0.508 e. The van der Waals surface area contributed by atoms with Crippen molar-refractivity contribution in [3.63, 3.8) is 0 Å². The van der Waals surface area contributed by atoms with Crippen molar-refractivity contribution in [2.75, 3.05) is 27.7 Å². The molecule has 1 fully saturated rings. The number of nitrogens with zero attached hydrogens (tertiary/aromatic N) is 2. The molecular formula is C32H37N3O8. The number of fused-ring (bicyclic) bond motifs is 3. The summed E-state index contributed by atoms with van der Waals surface area (Å²) in [5, 5.41) is 46.2. The lowest BCUT2D eigenvalue weighted by Gasteiger charge is -2.50. The predicted molar refractivity (Wildman–Crippen MR) is 158 cm³/mol. The van der Waals surface area contributed by atoms with Crippen molar-refractivity contribution in [1.82, 2.24) is 9.80 Å². The van der Waals surface area contributed by atoms with E-state index in [4.69, 9.17) is 10.2 Å². The zero-order chi connectivity index (χ0) is 31.5. The minimum atomic E-state index is -2.69. The quantitative estimate of drug-likeness (QED) is 0.237. The molecular weight excluding hydrogens is 554 g/mol. The van der Waals surface area contributed by atoms with E-state index in [9.17, 15) is 34.8 Å². The summed E-state index contributed by atoms with van der Waals surface area (Å²) in [5.41, 5.74) is 5.39. The smallest absolute Gasteiger partial charge is 0.255 e. The maximum Gasteiger partial charge on any atom is 0.255 e. The second-order valence-corrected chi connectivity index (χ2v) is 12.1. The zero-order valence-corrected chi connectivity index (χ0v) is 24.8. The highest BCUT2D eigenvalue weighted by molar-refractivity contribution is 6.24. The first-order valence-electron chi connectivity index (χ1n) is 14.1. The summed E-state index contributed by atoms with van der Waals surface area (Å²) >= 11 is 0. The third-order valence-electron chi connectivity index (χ3n) is 9.08. The summed E-state index contributed by atoms with van der Waals surface area (Å²) in [6.07, 6.45) is 5.28. The van der Waals surface area contributed by atoms with E-state index in [0.717, 1.165) is 5.57 Å². The Morgan fingerprint density at radius 2 is 1.91 bits per heavy atom. The Kier molecular flexibility index (Phi) is 7.62. The van der Waals surface area contributed by atoms with E-state index in [-0.39, 0.29) is 29.7 Å². The number of amides is 1. The Morgan fingerprint density at radius 1 is 1.21 bits per heavy atom. The van der Waals surface area contributed by atoms with E-state index in [1.54, 1.807) is 26.4 Å². The molecule has 228 valence electrons. The molecule has 0 unspecified atom stereocenters. The molecule has 0 radical (unpaired) electrons. The van der Waals surface area contributed by atoms with Gasteiger partial charge in [0.25, 0.3) is 5.91 Å². The van der Waals surface area contributed by atoms with E-state index in [2.05, 4.69) is 0 Å². The number of furan rings is 1. The zero-order valence-electron chi connectivity index (χ0n) is 24.8. The third-order valence-corrected chi connectivity index (χ3v) is 9.08. The molecule has 6 N–H and O–H groups in total. The fraction of sp³-hybridized carbons (Fsp3) is 0.406. The van der Waals surface area contributed by atoms with E-state index >= 15 is 0 Å². The van der Waals surface area contributed by atoms with Gasteiger partial charge in [0, 0.05) is 35.7 Å². The van der Waals surface area contributed by atoms with Gasteiger partial charge in [-0.3, -0.25) is 24.2 Å². The van der Waals surface area contributed by atoms with Crippen molar-refractivity contribution in [3.8, 4) is 16.9 Å². The van der Waals surface area contributed by atoms with Gasteiger partial charge in [-0.25, -0.2) is 0 Å². The highest BCUT2D eigenvalue weighted by atomic mass is 16.3.